The summed E-state index contributed by atoms with van der Waals surface area (Å²) in [5, 5.41) is 0. The fourth-order valence-corrected chi connectivity index (χ4v) is 11.0. The highest BCUT2D eigenvalue weighted by molar-refractivity contribution is 6.78. The molecule has 0 bridgehead atoms. The van der Waals surface area contributed by atoms with Gasteiger partial charge < -0.3 is 6.96 Å². The lowest BCUT2D eigenvalue weighted by Crippen LogP contribution is -2.42. The summed E-state index contributed by atoms with van der Waals surface area (Å²) in [6.07, 6.45) is 0. The molecule has 0 N–H and O–H groups in total. The first kappa shape index (κ1) is 12.2. The second-order valence-corrected chi connectivity index (χ2v) is 12.6. The Balaban J connectivity index is 3.79. The van der Waals surface area contributed by atoms with E-state index in [-0.39, 0.29) is 0 Å². The fourth-order valence-electron chi connectivity index (χ4n) is 1.16. The Morgan fingerprint density at radius 2 is 1.09 bits per heavy atom. The molecule has 0 atom stereocenters. The Labute approximate surface area is 80.6 Å². The van der Waals surface area contributed by atoms with E-state index in [2.05, 4.69) is 36.2 Å². The lowest BCUT2D eigenvalue weighted by molar-refractivity contribution is 0.415. The first-order chi connectivity index (χ1) is 4.83. The molecule has 0 heterocycles. The molecule has 64 valence electrons. The lowest BCUT2D eigenvalue weighted by atomic mass is 11.9. The molecule has 0 aliphatic heterocycles. The third-order valence-corrected chi connectivity index (χ3v) is 9.35. The number of hydrogen-bond donors (Lipinski definition) is 0. The molecule has 2 nitrogen and oxygen atoms in total. The summed E-state index contributed by atoms with van der Waals surface area (Å²) < 4.78 is 11.7. The van der Waals surface area contributed by atoms with E-state index >= 15 is 0 Å². The van der Waals surface area contributed by atoms with Gasteiger partial charge in [-0.25, -0.2) is 0 Å². The predicted molar refractivity (Wildman–Crippen MR) is 54.6 cm³/mol. The van der Waals surface area contributed by atoms with Crippen molar-refractivity contribution in [2.75, 3.05) is 0 Å². The summed E-state index contributed by atoms with van der Waals surface area (Å²) >= 11 is -1.79. The van der Waals surface area contributed by atoms with Crippen LogP contribution < -0.4 is 0 Å². The summed E-state index contributed by atoms with van der Waals surface area (Å²) in [4.78, 5) is 0. The molecule has 0 spiro atoms. The van der Waals surface area contributed by atoms with Gasteiger partial charge in [-0.3, -0.25) is 0 Å². The van der Waals surface area contributed by atoms with Crippen molar-refractivity contribution in [2.24, 2.45) is 0 Å². The molecule has 5 heteroatoms. The summed E-state index contributed by atoms with van der Waals surface area (Å²) in [5.74, 6) is 8.78. The predicted octanol–water partition coefficient (Wildman–Crippen LogP) is 2.22. The minimum Gasteiger partial charge on any atom is -0.527 e. The fraction of sp³-hybridized carbons (Fsp3) is 1.00. The Bertz CT molecular complexity index is 105. The van der Waals surface area contributed by atoms with Crippen molar-refractivity contribution in [2.45, 2.75) is 36.2 Å². The summed E-state index contributed by atoms with van der Waals surface area (Å²) in [5.41, 5.74) is 0. The first-order valence-corrected chi connectivity index (χ1v) is 12.6. The Kier molecular flexibility index (Phi) is 5.60. The van der Waals surface area contributed by atoms with Gasteiger partial charge in [-0.05, 0) is 13.1 Å². The zero-order valence-corrected chi connectivity index (χ0v) is 11.8. The third-order valence-electron chi connectivity index (χ3n) is 1.04. The number of rotatable bonds is 4. The van der Waals surface area contributed by atoms with Gasteiger partial charge in [0.15, 0.2) is 0 Å². The smallest absolute Gasteiger partial charge is 0.444 e. The summed E-state index contributed by atoms with van der Waals surface area (Å²) in [6.45, 7) is 4.29. The molecular formula is C6H18Al2O2Si. The van der Waals surface area contributed by atoms with Crippen LogP contribution in [0.15, 0.2) is 0 Å². The molecule has 0 amide bonds. The quantitative estimate of drug-likeness (QED) is 0.654. The second kappa shape index (κ2) is 5.04. The van der Waals surface area contributed by atoms with Crippen molar-refractivity contribution in [3.8, 4) is 0 Å². The summed E-state index contributed by atoms with van der Waals surface area (Å²) in [7, 11) is -1.71. The van der Waals surface area contributed by atoms with Crippen LogP contribution in [0.2, 0.25) is 36.2 Å². The Morgan fingerprint density at radius 1 is 0.818 bits per heavy atom. The maximum absolute atomic E-state index is 5.84. The minimum absolute atomic E-state index is 0.895. The first-order valence-electron chi connectivity index (χ1n) is 4.19. The van der Waals surface area contributed by atoms with E-state index in [1.54, 1.807) is 0 Å². The number of hydrogen-bond acceptors (Lipinski definition) is 2. The molecule has 0 radical (unpaired) electrons. The largest absolute Gasteiger partial charge is 0.527 e. The lowest BCUT2D eigenvalue weighted by Gasteiger charge is -2.28. The van der Waals surface area contributed by atoms with Crippen LogP contribution in [0.5, 0.6) is 0 Å². The van der Waals surface area contributed by atoms with Gasteiger partial charge in [-0.15, -0.1) is 0 Å². The topological polar surface area (TPSA) is 18.5 Å². The summed E-state index contributed by atoms with van der Waals surface area (Å²) in [6, 6.07) is 0. The zero-order valence-electron chi connectivity index (χ0n) is 8.47. The maximum Gasteiger partial charge on any atom is 0.444 e. The molecule has 0 saturated carbocycles. The van der Waals surface area contributed by atoms with Gasteiger partial charge in [0.05, 0.1) is 0 Å². The van der Waals surface area contributed by atoms with Crippen LogP contribution in [-0.2, 0) is 6.96 Å². The highest BCUT2D eigenvalue weighted by Gasteiger charge is 2.28. The molecule has 0 rings (SSSR count). The van der Waals surface area contributed by atoms with E-state index in [1.807, 2.05) is 0 Å². The van der Waals surface area contributed by atoms with Crippen LogP contribution in [-0.4, -0.2) is 37.5 Å². The van der Waals surface area contributed by atoms with E-state index in [4.69, 9.17) is 6.96 Å². The van der Waals surface area contributed by atoms with Crippen molar-refractivity contribution in [3.63, 3.8) is 0 Å². The maximum atomic E-state index is 5.84. The molecule has 0 saturated heterocycles. The zero-order chi connectivity index (χ0) is 9.07. The van der Waals surface area contributed by atoms with Gasteiger partial charge in [0, 0.05) is 0 Å². The van der Waals surface area contributed by atoms with Gasteiger partial charge in [-0.1, -0.05) is 23.1 Å². The second-order valence-electron chi connectivity index (χ2n) is 3.73. The van der Waals surface area contributed by atoms with E-state index in [9.17, 15) is 0 Å². The van der Waals surface area contributed by atoms with Crippen molar-refractivity contribution in [1.29, 1.82) is 0 Å². The van der Waals surface area contributed by atoms with Crippen molar-refractivity contribution in [1.82, 2.24) is 0 Å². The molecule has 0 aromatic heterocycles. The van der Waals surface area contributed by atoms with Crippen LogP contribution in [0.25, 0.3) is 0 Å². The Morgan fingerprint density at radius 3 is 1.27 bits per heavy atom. The third kappa shape index (κ3) is 7.56. The van der Waals surface area contributed by atoms with Gasteiger partial charge in [0.1, 0.15) is 0 Å². The normalized spacial score (nSPS) is 11.5. The van der Waals surface area contributed by atoms with Crippen LogP contribution in [0, 0.1) is 0 Å². The highest BCUT2D eigenvalue weighted by atomic mass is 28.4. The molecule has 0 aliphatic carbocycles. The molecule has 0 fully saturated rings. The average molecular weight is 204 g/mol. The highest BCUT2D eigenvalue weighted by Crippen LogP contribution is 2.09. The standard InChI is InChI=1S/C2H6O2Si.4CH3.2Al/c1-5(2,3)4;;;;;;/h1-2H3;4*1H3;;/q-2;;;;;2*+1. The molecular weight excluding hydrogens is 186 g/mol. The van der Waals surface area contributed by atoms with Crippen molar-refractivity contribution < 1.29 is 6.96 Å². The van der Waals surface area contributed by atoms with Crippen LogP contribution in [0.1, 0.15) is 0 Å². The van der Waals surface area contributed by atoms with E-state index in [0.29, 0.717) is 0 Å². The monoisotopic (exact) mass is 204 g/mol. The molecule has 0 aromatic carbocycles. The van der Waals surface area contributed by atoms with Gasteiger partial charge in [0.25, 0.3) is 8.56 Å². The molecule has 0 aromatic rings. The van der Waals surface area contributed by atoms with Crippen LogP contribution in [0.3, 0.4) is 0 Å². The van der Waals surface area contributed by atoms with Gasteiger partial charge >= 0.3 is 29.0 Å². The van der Waals surface area contributed by atoms with Crippen LogP contribution >= 0.6 is 0 Å². The average Bonchev–Trinajstić information content (AvgIpc) is 1.53. The van der Waals surface area contributed by atoms with Crippen molar-refractivity contribution in [3.05, 3.63) is 0 Å². The SMILES string of the molecule is [CH3][Al]([CH3])[O][Si](C)(C)[O][Al]([CH3])[CH3]. The molecule has 0 unspecified atom stereocenters. The minimum atomic E-state index is -1.71. The van der Waals surface area contributed by atoms with E-state index in [0.717, 1.165) is 0 Å². The van der Waals surface area contributed by atoms with E-state index < -0.39 is 37.5 Å². The molecule has 11 heavy (non-hydrogen) atoms. The van der Waals surface area contributed by atoms with Gasteiger partial charge in [0.2, 0.25) is 0 Å². The molecule has 0 aliphatic rings. The Hall–Kier alpha value is 1.20. The van der Waals surface area contributed by atoms with E-state index in [1.165, 1.54) is 0 Å². The van der Waals surface area contributed by atoms with Crippen LogP contribution in [0.4, 0.5) is 0 Å². The van der Waals surface area contributed by atoms with Crippen molar-refractivity contribution >= 4 is 37.5 Å². The van der Waals surface area contributed by atoms with Gasteiger partial charge in [-0.2, -0.15) is 0 Å².